The van der Waals surface area contributed by atoms with Crippen LogP contribution < -0.4 is 15.2 Å². The molecule has 2 N–H and O–H groups in total. The predicted octanol–water partition coefficient (Wildman–Crippen LogP) is 1.16. The van der Waals surface area contributed by atoms with Crippen LogP contribution in [0.4, 0.5) is 0 Å². The van der Waals surface area contributed by atoms with Gasteiger partial charge in [-0.3, -0.25) is 4.79 Å². The van der Waals surface area contributed by atoms with Crippen LogP contribution in [-0.2, 0) is 11.2 Å². The molecule has 0 saturated heterocycles. The number of Topliss-reactive ketones (excluding diaryl/α,β-unsaturated/α-hetero) is 1. The van der Waals surface area contributed by atoms with E-state index in [1.807, 2.05) is 12.1 Å². The molecule has 0 spiro atoms. The van der Waals surface area contributed by atoms with Crippen molar-refractivity contribution in [2.24, 2.45) is 5.73 Å². The molecule has 0 amide bonds. The molecule has 1 aromatic rings. The second-order valence-corrected chi connectivity index (χ2v) is 3.61. The Bertz CT molecular complexity index is 377. The molecule has 0 saturated carbocycles. The smallest absolute Gasteiger partial charge is 0.160 e. The molecule has 0 heterocycles. The van der Waals surface area contributed by atoms with E-state index in [1.165, 1.54) is 6.92 Å². The van der Waals surface area contributed by atoms with Crippen molar-refractivity contribution in [3.8, 4) is 11.5 Å². The first-order valence-electron chi connectivity index (χ1n) is 5.05. The van der Waals surface area contributed by atoms with E-state index in [2.05, 4.69) is 0 Å². The summed E-state index contributed by atoms with van der Waals surface area (Å²) >= 11 is 0. The van der Waals surface area contributed by atoms with Gasteiger partial charge in [0.1, 0.15) is 5.78 Å². The number of hydrogen-bond acceptors (Lipinski definition) is 4. The normalized spacial score (nSPS) is 12.0. The number of ether oxygens (including phenoxy) is 2. The van der Waals surface area contributed by atoms with Gasteiger partial charge in [0.05, 0.1) is 20.3 Å². The summed E-state index contributed by atoms with van der Waals surface area (Å²) in [7, 11) is 3.16. The number of rotatable bonds is 5. The standard InChI is InChI=1S/C12H17NO3/c1-8(14)10(13)6-9-4-5-11(15-2)12(7-9)16-3/h4-5,7,10H,6,13H2,1-3H3. The fourth-order valence-corrected chi connectivity index (χ4v) is 1.41. The van der Waals surface area contributed by atoms with E-state index in [4.69, 9.17) is 15.2 Å². The minimum Gasteiger partial charge on any atom is -0.493 e. The van der Waals surface area contributed by atoms with Crippen molar-refractivity contribution in [1.29, 1.82) is 0 Å². The number of benzene rings is 1. The molecule has 1 unspecified atom stereocenters. The molecule has 4 nitrogen and oxygen atoms in total. The van der Waals surface area contributed by atoms with Gasteiger partial charge in [0.15, 0.2) is 11.5 Å². The lowest BCUT2D eigenvalue weighted by Crippen LogP contribution is -2.30. The second-order valence-electron chi connectivity index (χ2n) is 3.61. The molecule has 0 fully saturated rings. The molecule has 4 heteroatoms. The Morgan fingerprint density at radius 1 is 1.31 bits per heavy atom. The summed E-state index contributed by atoms with van der Waals surface area (Å²) in [4.78, 5) is 11.0. The van der Waals surface area contributed by atoms with Crippen LogP contribution in [-0.4, -0.2) is 26.0 Å². The van der Waals surface area contributed by atoms with Gasteiger partial charge in [-0.15, -0.1) is 0 Å². The average Bonchev–Trinajstić information content (AvgIpc) is 2.28. The molecule has 16 heavy (non-hydrogen) atoms. The molecule has 0 aliphatic carbocycles. The summed E-state index contributed by atoms with van der Waals surface area (Å²) in [6.45, 7) is 1.49. The molecule has 0 aliphatic heterocycles. The lowest BCUT2D eigenvalue weighted by molar-refractivity contribution is -0.118. The van der Waals surface area contributed by atoms with Gasteiger partial charge in [-0.1, -0.05) is 6.07 Å². The van der Waals surface area contributed by atoms with Crippen LogP contribution in [0.5, 0.6) is 11.5 Å². The lowest BCUT2D eigenvalue weighted by Gasteiger charge is -2.11. The fourth-order valence-electron chi connectivity index (χ4n) is 1.41. The van der Waals surface area contributed by atoms with E-state index >= 15 is 0 Å². The maximum absolute atomic E-state index is 11.0. The lowest BCUT2D eigenvalue weighted by atomic mass is 10.0. The van der Waals surface area contributed by atoms with Crippen LogP contribution in [0.15, 0.2) is 18.2 Å². The van der Waals surface area contributed by atoms with Gasteiger partial charge in [-0.2, -0.15) is 0 Å². The molecule has 1 atom stereocenters. The molecule has 0 aliphatic rings. The van der Waals surface area contributed by atoms with Crippen LogP contribution in [0.2, 0.25) is 0 Å². The Kier molecular flexibility index (Phi) is 4.31. The third kappa shape index (κ3) is 2.97. The van der Waals surface area contributed by atoms with Crippen LogP contribution in [0.25, 0.3) is 0 Å². The van der Waals surface area contributed by atoms with E-state index < -0.39 is 6.04 Å². The zero-order valence-corrected chi connectivity index (χ0v) is 9.82. The minimum absolute atomic E-state index is 0.0187. The summed E-state index contributed by atoms with van der Waals surface area (Å²) in [5, 5.41) is 0. The van der Waals surface area contributed by atoms with E-state index in [9.17, 15) is 4.79 Å². The van der Waals surface area contributed by atoms with E-state index in [1.54, 1.807) is 20.3 Å². The van der Waals surface area contributed by atoms with Crippen molar-refractivity contribution < 1.29 is 14.3 Å². The summed E-state index contributed by atoms with van der Waals surface area (Å²) in [5.74, 6) is 1.30. The largest absolute Gasteiger partial charge is 0.493 e. The summed E-state index contributed by atoms with van der Waals surface area (Å²) in [6.07, 6.45) is 0.510. The first kappa shape index (κ1) is 12.5. The minimum atomic E-state index is -0.460. The summed E-state index contributed by atoms with van der Waals surface area (Å²) in [5.41, 5.74) is 6.65. The Labute approximate surface area is 95.3 Å². The summed E-state index contributed by atoms with van der Waals surface area (Å²) in [6, 6.07) is 5.06. The number of methoxy groups -OCH3 is 2. The van der Waals surface area contributed by atoms with Crippen molar-refractivity contribution in [2.45, 2.75) is 19.4 Å². The zero-order valence-electron chi connectivity index (χ0n) is 9.82. The number of nitrogens with two attached hydrogens (primary N) is 1. The van der Waals surface area contributed by atoms with Gasteiger partial charge in [0.2, 0.25) is 0 Å². The van der Waals surface area contributed by atoms with E-state index in [0.29, 0.717) is 17.9 Å². The van der Waals surface area contributed by atoms with Gasteiger partial charge in [-0.05, 0) is 31.0 Å². The van der Waals surface area contributed by atoms with Crippen LogP contribution in [0.1, 0.15) is 12.5 Å². The van der Waals surface area contributed by atoms with E-state index in [0.717, 1.165) is 5.56 Å². The van der Waals surface area contributed by atoms with Gasteiger partial charge < -0.3 is 15.2 Å². The first-order valence-corrected chi connectivity index (χ1v) is 5.05. The van der Waals surface area contributed by atoms with Crippen LogP contribution in [0, 0.1) is 0 Å². The average molecular weight is 223 g/mol. The van der Waals surface area contributed by atoms with Gasteiger partial charge in [0, 0.05) is 0 Å². The zero-order chi connectivity index (χ0) is 12.1. The SMILES string of the molecule is COc1ccc(CC(N)C(C)=O)cc1OC. The van der Waals surface area contributed by atoms with Crippen molar-refractivity contribution in [2.75, 3.05) is 14.2 Å². The Hall–Kier alpha value is -1.55. The van der Waals surface area contributed by atoms with Gasteiger partial charge in [-0.25, -0.2) is 0 Å². The van der Waals surface area contributed by atoms with Gasteiger partial charge in [0.25, 0.3) is 0 Å². The number of ketones is 1. The molecular weight excluding hydrogens is 206 g/mol. The van der Waals surface area contributed by atoms with Crippen molar-refractivity contribution in [3.63, 3.8) is 0 Å². The van der Waals surface area contributed by atoms with Crippen LogP contribution >= 0.6 is 0 Å². The molecule has 0 aromatic heterocycles. The Morgan fingerprint density at radius 2 is 1.94 bits per heavy atom. The third-order valence-electron chi connectivity index (χ3n) is 2.43. The van der Waals surface area contributed by atoms with Crippen molar-refractivity contribution >= 4 is 5.78 Å². The monoisotopic (exact) mass is 223 g/mol. The first-order chi connectivity index (χ1) is 7.58. The van der Waals surface area contributed by atoms with Crippen molar-refractivity contribution in [1.82, 2.24) is 0 Å². The fraction of sp³-hybridized carbons (Fsp3) is 0.417. The number of carbonyl (C=O) groups excluding carboxylic acids is 1. The van der Waals surface area contributed by atoms with Gasteiger partial charge >= 0.3 is 0 Å². The van der Waals surface area contributed by atoms with E-state index in [-0.39, 0.29) is 5.78 Å². The molecule has 0 radical (unpaired) electrons. The highest BCUT2D eigenvalue weighted by molar-refractivity contribution is 5.81. The highest BCUT2D eigenvalue weighted by Gasteiger charge is 2.11. The maximum Gasteiger partial charge on any atom is 0.160 e. The Morgan fingerprint density at radius 3 is 2.44 bits per heavy atom. The molecule has 0 bridgehead atoms. The number of hydrogen-bond donors (Lipinski definition) is 1. The second kappa shape index (κ2) is 5.51. The topological polar surface area (TPSA) is 61.5 Å². The third-order valence-corrected chi connectivity index (χ3v) is 2.43. The molecule has 1 aromatic carbocycles. The highest BCUT2D eigenvalue weighted by atomic mass is 16.5. The summed E-state index contributed by atoms with van der Waals surface area (Å²) < 4.78 is 10.3. The quantitative estimate of drug-likeness (QED) is 0.813. The maximum atomic E-state index is 11.0. The molecule has 88 valence electrons. The van der Waals surface area contributed by atoms with Crippen LogP contribution in [0.3, 0.4) is 0 Å². The van der Waals surface area contributed by atoms with Crippen molar-refractivity contribution in [3.05, 3.63) is 23.8 Å². The molecular formula is C12H17NO3. The Balaban J connectivity index is 2.86. The highest BCUT2D eigenvalue weighted by Crippen LogP contribution is 2.27. The molecule has 1 rings (SSSR count). The number of carbonyl (C=O) groups is 1. The predicted molar refractivity (Wildman–Crippen MR) is 61.9 cm³/mol.